The molecule has 0 unspecified atom stereocenters. The molecule has 1 aliphatic heterocycles. The number of halogens is 1. The number of fused-ring (bicyclic) bond motifs is 1. The molecule has 0 saturated carbocycles. The van der Waals surface area contributed by atoms with E-state index in [2.05, 4.69) is 15.6 Å². The van der Waals surface area contributed by atoms with Crippen molar-refractivity contribution in [2.45, 2.75) is 19.3 Å². The molecule has 0 aliphatic carbocycles. The molecule has 1 aromatic rings. The van der Waals surface area contributed by atoms with Gasteiger partial charge in [-0.25, -0.2) is 0 Å². The van der Waals surface area contributed by atoms with E-state index in [1.165, 1.54) is 0 Å². The summed E-state index contributed by atoms with van der Waals surface area (Å²) < 4.78 is 21.7. The quantitative estimate of drug-likeness (QED) is 0.246. The fourth-order valence-electron chi connectivity index (χ4n) is 2.34. The first-order valence-electron chi connectivity index (χ1n) is 8.77. The summed E-state index contributed by atoms with van der Waals surface area (Å²) in [6.07, 6.45) is 2.91. The van der Waals surface area contributed by atoms with Gasteiger partial charge in [0.15, 0.2) is 17.5 Å². The monoisotopic (exact) mass is 479 g/mol. The van der Waals surface area contributed by atoms with Gasteiger partial charge in [0.1, 0.15) is 0 Å². The van der Waals surface area contributed by atoms with Crippen LogP contribution in [0.15, 0.2) is 23.2 Å². The molecule has 0 aromatic heterocycles. The number of unbranched alkanes of at least 4 members (excludes halogenated alkanes) is 1. The smallest absolute Gasteiger partial charge is 0.195 e. The molecule has 0 radical (unpaired) electrons. The second-order valence-electron chi connectivity index (χ2n) is 5.65. The van der Waals surface area contributed by atoms with Crippen molar-refractivity contribution >= 4 is 35.6 Å². The van der Waals surface area contributed by atoms with Crippen molar-refractivity contribution in [3.63, 3.8) is 0 Å². The van der Waals surface area contributed by atoms with Crippen molar-refractivity contribution in [1.82, 2.24) is 5.32 Å². The van der Waals surface area contributed by atoms with Crippen molar-refractivity contribution in [1.29, 1.82) is 0 Å². The van der Waals surface area contributed by atoms with Crippen molar-refractivity contribution in [3.8, 4) is 11.5 Å². The third-order valence-electron chi connectivity index (χ3n) is 3.67. The zero-order chi connectivity index (χ0) is 17.7. The van der Waals surface area contributed by atoms with Crippen molar-refractivity contribution < 1.29 is 18.9 Å². The Bertz CT molecular complexity index is 543. The Morgan fingerprint density at radius 2 is 1.92 bits per heavy atom. The van der Waals surface area contributed by atoms with Gasteiger partial charge in [0.05, 0.1) is 26.4 Å². The van der Waals surface area contributed by atoms with Gasteiger partial charge in [0.25, 0.3) is 0 Å². The lowest BCUT2D eigenvalue weighted by Gasteiger charge is -2.14. The van der Waals surface area contributed by atoms with Crippen LogP contribution in [0.1, 0.15) is 19.3 Å². The van der Waals surface area contributed by atoms with Gasteiger partial charge in [-0.3, -0.25) is 4.99 Å². The largest absolute Gasteiger partial charge is 0.490 e. The summed E-state index contributed by atoms with van der Waals surface area (Å²) in [5, 5.41) is 6.57. The van der Waals surface area contributed by atoms with Crippen LogP contribution < -0.4 is 20.1 Å². The molecule has 148 valence electrons. The number of hydrogen-bond donors (Lipinski definition) is 2. The Kier molecular flexibility index (Phi) is 12.2. The first-order valence-corrected chi connectivity index (χ1v) is 8.77. The molecule has 1 heterocycles. The third-order valence-corrected chi connectivity index (χ3v) is 3.67. The number of nitrogens with zero attached hydrogens (tertiary/aromatic N) is 1. The number of nitrogens with one attached hydrogen (secondary N) is 2. The lowest BCUT2D eigenvalue weighted by molar-refractivity contribution is 0.0689. The van der Waals surface area contributed by atoms with Crippen LogP contribution in [0.4, 0.5) is 5.69 Å². The minimum absolute atomic E-state index is 0. The Balaban J connectivity index is 0.00000338. The van der Waals surface area contributed by atoms with E-state index in [0.29, 0.717) is 26.4 Å². The molecular formula is C18H30IN3O4. The highest BCUT2D eigenvalue weighted by Gasteiger charge is 2.11. The predicted molar refractivity (Wildman–Crippen MR) is 114 cm³/mol. The zero-order valence-electron chi connectivity index (χ0n) is 15.6. The summed E-state index contributed by atoms with van der Waals surface area (Å²) in [4.78, 5) is 4.25. The van der Waals surface area contributed by atoms with Crippen LogP contribution in [0.3, 0.4) is 0 Å². The van der Waals surface area contributed by atoms with E-state index in [1.807, 2.05) is 18.2 Å². The number of guanidine groups is 1. The number of ether oxygens (including phenoxy) is 4. The van der Waals surface area contributed by atoms with Gasteiger partial charge in [-0.05, 0) is 25.0 Å². The molecule has 0 atom stereocenters. The Labute approximate surface area is 172 Å². The van der Waals surface area contributed by atoms with E-state index in [0.717, 1.165) is 55.6 Å². The molecule has 2 N–H and O–H groups in total. The minimum atomic E-state index is 0. The zero-order valence-corrected chi connectivity index (χ0v) is 17.9. The number of hydrogen-bond acceptors (Lipinski definition) is 5. The molecule has 8 heteroatoms. The lowest BCUT2D eigenvalue weighted by Crippen LogP contribution is -2.31. The van der Waals surface area contributed by atoms with Gasteiger partial charge < -0.3 is 29.6 Å². The molecular weight excluding hydrogens is 449 g/mol. The van der Waals surface area contributed by atoms with E-state index in [1.54, 1.807) is 14.2 Å². The average molecular weight is 479 g/mol. The van der Waals surface area contributed by atoms with E-state index >= 15 is 0 Å². The van der Waals surface area contributed by atoms with E-state index < -0.39 is 0 Å². The highest BCUT2D eigenvalue weighted by atomic mass is 127. The normalized spacial score (nSPS) is 13.5. The number of methoxy groups -OCH3 is 1. The van der Waals surface area contributed by atoms with E-state index in [-0.39, 0.29) is 24.0 Å². The molecule has 7 nitrogen and oxygen atoms in total. The van der Waals surface area contributed by atoms with Gasteiger partial charge in [0, 0.05) is 45.5 Å². The minimum Gasteiger partial charge on any atom is -0.490 e. The van der Waals surface area contributed by atoms with Crippen molar-refractivity contribution in [2.75, 3.05) is 59.1 Å². The van der Waals surface area contributed by atoms with Crippen LogP contribution in [0.25, 0.3) is 0 Å². The topological polar surface area (TPSA) is 73.3 Å². The van der Waals surface area contributed by atoms with Gasteiger partial charge in [-0.1, -0.05) is 0 Å². The number of rotatable bonds is 9. The molecule has 1 aliphatic rings. The first kappa shape index (κ1) is 22.8. The maximum atomic E-state index is 5.71. The molecule has 0 bridgehead atoms. The number of anilines is 1. The van der Waals surface area contributed by atoms with Crippen LogP contribution in [0.5, 0.6) is 11.5 Å². The summed E-state index contributed by atoms with van der Waals surface area (Å²) in [5.41, 5.74) is 0.917. The fourth-order valence-corrected chi connectivity index (χ4v) is 2.34. The molecule has 2 rings (SSSR count). The summed E-state index contributed by atoms with van der Waals surface area (Å²) >= 11 is 0. The highest BCUT2D eigenvalue weighted by Crippen LogP contribution is 2.32. The lowest BCUT2D eigenvalue weighted by atomic mass is 10.2. The van der Waals surface area contributed by atoms with E-state index in [9.17, 15) is 0 Å². The van der Waals surface area contributed by atoms with Gasteiger partial charge in [0.2, 0.25) is 0 Å². The molecule has 0 spiro atoms. The Morgan fingerprint density at radius 1 is 1.12 bits per heavy atom. The standard InChI is InChI=1S/C18H29N3O4.HI/c1-19-18(20-8-3-4-9-23-13-12-22-2)21-15-6-7-16-17(14-15)25-11-5-10-24-16;/h6-7,14H,3-5,8-13H2,1-2H3,(H2,19,20,21);1H. The second-order valence-corrected chi connectivity index (χ2v) is 5.65. The molecule has 0 amide bonds. The highest BCUT2D eigenvalue weighted by molar-refractivity contribution is 14.0. The maximum Gasteiger partial charge on any atom is 0.195 e. The van der Waals surface area contributed by atoms with E-state index in [4.69, 9.17) is 18.9 Å². The van der Waals surface area contributed by atoms with Crippen molar-refractivity contribution in [2.24, 2.45) is 4.99 Å². The Hall–Kier alpha value is -1.26. The fraction of sp³-hybridized carbons (Fsp3) is 0.611. The molecule has 1 aromatic carbocycles. The van der Waals surface area contributed by atoms with Crippen LogP contribution in [-0.2, 0) is 9.47 Å². The first-order chi connectivity index (χ1) is 12.3. The molecule has 0 saturated heterocycles. The number of benzene rings is 1. The van der Waals surface area contributed by atoms with Gasteiger partial charge in [-0.2, -0.15) is 0 Å². The van der Waals surface area contributed by atoms with Crippen molar-refractivity contribution in [3.05, 3.63) is 18.2 Å². The second kappa shape index (κ2) is 13.9. The summed E-state index contributed by atoms with van der Waals surface area (Å²) in [6.45, 7) is 4.24. The van der Waals surface area contributed by atoms with Gasteiger partial charge >= 0.3 is 0 Å². The summed E-state index contributed by atoms with van der Waals surface area (Å²) in [7, 11) is 3.43. The molecule has 0 fully saturated rings. The SMILES string of the molecule is CN=C(NCCCCOCCOC)Nc1ccc2c(c1)OCCCO2.I. The van der Waals surface area contributed by atoms with Crippen LogP contribution in [0, 0.1) is 0 Å². The van der Waals surface area contributed by atoms with Gasteiger partial charge in [-0.15, -0.1) is 24.0 Å². The predicted octanol–water partition coefficient (Wildman–Crippen LogP) is 2.90. The summed E-state index contributed by atoms with van der Waals surface area (Å²) in [5.74, 6) is 2.29. The maximum absolute atomic E-state index is 5.71. The third kappa shape index (κ3) is 8.41. The van der Waals surface area contributed by atoms with Crippen LogP contribution in [0.2, 0.25) is 0 Å². The number of aliphatic imine (C=N–C) groups is 1. The Morgan fingerprint density at radius 3 is 2.69 bits per heavy atom. The molecule has 26 heavy (non-hydrogen) atoms. The van der Waals surface area contributed by atoms with Crippen LogP contribution in [-0.4, -0.2) is 59.7 Å². The summed E-state index contributed by atoms with van der Waals surface area (Å²) in [6, 6.07) is 5.83. The van der Waals surface area contributed by atoms with Crippen LogP contribution >= 0.6 is 24.0 Å². The average Bonchev–Trinajstić information content (AvgIpc) is 2.87.